The number of H-pyrrole nitrogens is 1. The van der Waals surface area contributed by atoms with E-state index < -0.39 is 6.10 Å². The van der Waals surface area contributed by atoms with E-state index in [0.717, 1.165) is 31.2 Å². The Kier molecular flexibility index (Phi) is 7.85. The standard InChI is InChI=1S/C29H35ClN4O6/c1-15(2)31-29(36)40-19-9-7-17(8-10-19)16-3-5-18(6-4-16)25-21(30)12-22-27(33-25)34-28(32-22)39-20-11-24-26(38-13-20)23(35)14-37-24/h3-6,12,15,17,19-20,23-24,26,35H,7-11,13-14H2,1-2H3,(H,31,36)(H,32,33,34). The number of aromatic amines is 1. The highest BCUT2D eigenvalue weighted by Crippen LogP contribution is 2.36. The number of imidazole rings is 1. The number of aromatic nitrogens is 3. The molecule has 1 saturated carbocycles. The highest BCUT2D eigenvalue weighted by molar-refractivity contribution is 6.33. The van der Waals surface area contributed by atoms with Crippen LogP contribution >= 0.6 is 11.6 Å². The molecule has 3 fully saturated rings. The first-order valence-corrected chi connectivity index (χ1v) is 14.4. The quantitative estimate of drug-likeness (QED) is 0.388. The summed E-state index contributed by atoms with van der Waals surface area (Å²) >= 11 is 6.63. The Morgan fingerprint density at radius 3 is 2.62 bits per heavy atom. The molecule has 3 aliphatic rings. The Morgan fingerprint density at radius 1 is 1.10 bits per heavy atom. The van der Waals surface area contributed by atoms with Crippen LogP contribution in [-0.4, -0.2) is 75.9 Å². The second kappa shape index (κ2) is 11.5. The molecule has 2 saturated heterocycles. The number of halogens is 1. The van der Waals surface area contributed by atoms with Gasteiger partial charge in [-0.3, -0.25) is 0 Å². The largest absolute Gasteiger partial charge is 0.459 e. The lowest BCUT2D eigenvalue weighted by Gasteiger charge is -2.31. The van der Waals surface area contributed by atoms with Gasteiger partial charge in [0.25, 0.3) is 6.01 Å². The van der Waals surface area contributed by atoms with Gasteiger partial charge in [0.05, 0.1) is 35.6 Å². The summed E-state index contributed by atoms with van der Waals surface area (Å²) in [6.07, 6.45) is 2.61. The fraction of sp³-hybridized carbons (Fsp3) is 0.552. The van der Waals surface area contributed by atoms with Crippen LogP contribution in [-0.2, 0) is 14.2 Å². The van der Waals surface area contributed by atoms with Crippen LogP contribution in [0.3, 0.4) is 0 Å². The number of rotatable bonds is 6. The highest BCUT2D eigenvalue weighted by Gasteiger charge is 2.42. The summed E-state index contributed by atoms with van der Waals surface area (Å²) in [5, 5.41) is 13.2. The van der Waals surface area contributed by atoms with Crippen molar-refractivity contribution in [2.45, 2.75) is 88.4 Å². The van der Waals surface area contributed by atoms with Gasteiger partial charge in [0, 0.05) is 18.0 Å². The van der Waals surface area contributed by atoms with Gasteiger partial charge in [0.2, 0.25) is 0 Å². The lowest BCUT2D eigenvalue weighted by molar-refractivity contribution is -0.111. The number of pyridine rings is 1. The maximum atomic E-state index is 11.9. The number of hydrogen-bond acceptors (Lipinski definition) is 8. The summed E-state index contributed by atoms with van der Waals surface area (Å²) in [4.78, 5) is 24.3. The van der Waals surface area contributed by atoms with Crippen LogP contribution in [0.5, 0.6) is 6.01 Å². The van der Waals surface area contributed by atoms with Gasteiger partial charge in [-0.05, 0) is 57.1 Å². The number of aliphatic hydroxyl groups is 1. The van der Waals surface area contributed by atoms with E-state index in [1.54, 1.807) is 0 Å². The van der Waals surface area contributed by atoms with Crippen molar-refractivity contribution in [2.24, 2.45) is 0 Å². The number of aliphatic hydroxyl groups excluding tert-OH is 1. The molecule has 10 nitrogen and oxygen atoms in total. The molecule has 4 heterocycles. The van der Waals surface area contributed by atoms with Gasteiger partial charge >= 0.3 is 6.09 Å². The van der Waals surface area contributed by atoms with Gasteiger partial charge in [-0.25, -0.2) is 9.78 Å². The smallest absolute Gasteiger partial charge is 0.407 e. The molecule has 6 rings (SSSR count). The van der Waals surface area contributed by atoms with Crippen LogP contribution in [0.25, 0.3) is 22.4 Å². The van der Waals surface area contributed by atoms with Crippen molar-refractivity contribution >= 4 is 28.9 Å². The van der Waals surface area contributed by atoms with Crippen molar-refractivity contribution in [3.63, 3.8) is 0 Å². The summed E-state index contributed by atoms with van der Waals surface area (Å²) in [5.74, 6) is 0.427. The number of carbonyl (C=O) groups is 1. The molecule has 1 aliphatic carbocycles. The maximum absolute atomic E-state index is 11.9. The zero-order valence-electron chi connectivity index (χ0n) is 22.6. The number of ether oxygens (including phenoxy) is 4. The third-order valence-corrected chi connectivity index (χ3v) is 8.18. The zero-order valence-corrected chi connectivity index (χ0v) is 23.4. The average Bonchev–Trinajstić information content (AvgIpc) is 3.50. The Morgan fingerprint density at radius 2 is 1.88 bits per heavy atom. The number of hydrogen-bond donors (Lipinski definition) is 3. The van der Waals surface area contributed by atoms with E-state index in [2.05, 4.69) is 27.4 Å². The first-order valence-electron chi connectivity index (χ1n) is 14.0. The molecule has 0 radical (unpaired) electrons. The predicted molar refractivity (Wildman–Crippen MR) is 149 cm³/mol. The summed E-state index contributed by atoms with van der Waals surface area (Å²) in [7, 11) is 0. The minimum absolute atomic E-state index is 0.0294. The van der Waals surface area contributed by atoms with Crippen LogP contribution in [0, 0.1) is 0 Å². The Balaban J connectivity index is 1.08. The lowest BCUT2D eigenvalue weighted by atomic mass is 9.82. The monoisotopic (exact) mass is 570 g/mol. The molecular weight excluding hydrogens is 536 g/mol. The lowest BCUT2D eigenvalue weighted by Crippen LogP contribution is -2.44. The molecule has 1 aromatic carbocycles. The van der Waals surface area contributed by atoms with E-state index in [9.17, 15) is 9.90 Å². The van der Waals surface area contributed by atoms with Gasteiger partial charge in [-0.2, -0.15) is 4.98 Å². The third-order valence-electron chi connectivity index (χ3n) is 7.89. The number of amides is 1. The van der Waals surface area contributed by atoms with E-state index >= 15 is 0 Å². The van der Waals surface area contributed by atoms with Crippen molar-refractivity contribution in [2.75, 3.05) is 13.2 Å². The summed E-state index contributed by atoms with van der Waals surface area (Å²) in [5.41, 5.74) is 4.03. The van der Waals surface area contributed by atoms with Crippen molar-refractivity contribution in [3.8, 4) is 17.3 Å². The molecule has 4 atom stereocenters. The fourth-order valence-electron chi connectivity index (χ4n) is 5.87. The van der Waals surface area contributed by atoms with E-state index in [1.165, 1.54) is 5.56 Å². The molecule has 1 amide bonds. The average molecular weight is 571 g/mol. The molecule has 0 spiro atoms. The minimum Gasteiger partial charge on any atom is -0.459 e. The SMILES string of the molecule is CC(C)NC(=O)OC1CCC(c2ccc(-c3nc4nc(OC5COC6C(O)COC6C5)[nH]c4cc3Cl)cc2)CC1. The number of nitrogens with zero attached hydrogens (tertiary/aromatic N) is 2. The number of nitrogens with one attached hydrogen (secondary N) is 2. The Labute approximate surface area is 237 Å². The van der Waals surface area contributed by atoms with Gasteiger partial charge < -0.3 is 34.4 Å². The number of carbonyl (C=O) groups excluding carboxylic acids is 1. The predicted octanol–water partition coefficient (Wildman–Crippen LogP) is 4.74. The second-order valence-electron chi connectivity index (χ2n) is 11.2. The molecule has 40 heavy (non-hydrogen) atoms. The van der Waals surface area contributed by atoms with Crippen LogP contribution in [0.15, 0.2) is 30.3 Å². The first-order chi connectivity index (χ1) is 19.3. The molecule has 3 N–H and O–H groups in total. The highest BCUT2D eigenvalue weighted by atomic mass is 35.5. The number of benzene rings is 1. The topological polar surface area (TPSA) is 128 Å². The van der Waals surface area contributed by atoms with E-state index in [1.807, 2.05) is 32.0 Å². The summed E-state index contributed by atoms with van der Waals surface area (Å²) < 4.78 is 23.0. The minimum atomic E-state index is -0.588. The van der Waals surface area contributed by atoms with Gasteiger partial charge in [-0.15, -0.1) is 0 Å². The Hall–Kier alpha value is -2.92. The number of alkyl carbamates (subject to hydrolysis) is 1. The van der Waals surface area contributed by atoms with Crippen LogP contribution in [0.1, 0.15) is 57.4 Å². The summed E-state index contributed by atoms with van der Waals surface area (Å²) in [6, 6.07) is 10.6. The normalized spacial score (nSPS) is 28.4. The third kappa shape index (κ3) is 5.90. The summed E-state index contributed by atoms with van der Waals surface area (Å²) in [6.45, 7) is 4.48. The van der Waals surface area contributed by atoms with E-state index in [-0.39, 0.29) is 43.2 Å². The van der Waals surface area contributed by atoms with Crippen molar-refractivity contribution < 1.29 is 28.8 Å². The van der Waals surface area contributed by atoms with Gasteiger partial charge in [-0.1, -0.05) is 35.9 Å². The van der Waals surface area contributed by atoms with Crippen LogP contribution in [0.2, 0.25) is 5.02 Å². The number of fused-ring (bicyclic) bond motifs is 2. The molecule has 2 aliphatic heterocycles. The van der Waals surface area contributed by atoms with Crippen molar-refractivity contribution in [3.05, 3.63) is 40.9 Å². The molecule has 3 aromatic rings. The molecule has 214 valence electrons. The fourth-order valence-corrected chi connectivity index (χ4v) is 6.13. The maximum Gasteiger partial charge on any atom is 0.407 e. The molecule has 11 heteroatoms. The second-order valence-corrected chi connectivity index (χ2v) is 11.7. The zero-order chi connectivity index (χ0) is 27.8. The molecule has 2 aromatic heterocycles. The Bertz CT molecular complexity index is 1340. The van der Waals surface area contributed by atoms with Gasteiger partial charge in [0.1, 0.15) is 24.4 Å². The van der Waals surface area contributed by atoms with Gasteiger partial charge in [0.15, 0.2) is 5.65 Å². The van der Waals surface area contributed by atoms with Crippen molar-refractivity contribution in [1.29, 1.82) is 0 Å². The van der Waals surface area contributed by atoms with E-state index in [0.29, 0.717) is 46.8 Å². The molecule has 0 bridgehead atoms. The van der Waals surface area contributed by atoms with Crippen LogP contribution < -0.4 is 10.1 Å². The van der Waals surface area contributed by atoms with E-state index in [4.69, 9.17) is 35.5 Å². The molecule has 4 unspecified atom stereocenters. The molecular formula is C29H35ClN4O6. The van der Waals surface area contributed by atoms with Crippen molar-refractivity contribution in [1.82, 2.24) is 20.3 Å². The van der Waals surface area contributed by atoms with Crippen LogP contribution in [0.4, 0.5) is 4.79 Å². The first kappa shape index (κ1) is 27.3.